The Morgan fingerprint density at radius 1 is 1.22 bits per heavy atom. The van der Waals surface area contributed by atoms with Gasteiger partial charge in [0.05, 0.1) is 0 Å². The van der Waals surface area contributed by atoms with Gasteiger partial charge in [0.15, 0.2) is 0 Å². The normalized spacial score (nSPS) is 17.1. The summed E-state index contributed by atoms with van der Waals surface area (Å²) in [5.41, 5.74) is 1.38. The van der Waals surface area contributed by atoms with E-state index >= 15 is 0 Å². The summed E-state index contributed by atoms with van der Waals surface area (Å²) in [6.45, 7) is 7.98. The van der Waals surface area contributed by atoms with E-state index in [1.165, 1.54) is 6.07 Å². The third-order valence-electron chi connectivity index (χ3n) is 3.65. The molecule has 1 fully saturated rings. The summed E-state index contributed by atoms with van der Waals surface area (Å²) in [6.07, 6.45) is 0.580. The van der Waals surface area contributed by atoms with Crippen LogP contribution in [0.5, 0.6) is 0 Å². The van der Waals surface area contributed by atoms with E-state index in [1.54, 1.807) is 13.8 Å². The average molecular weight is 254 g/mol. The average Bonchev–Trinajstić information content (AvgIpc) is 2.38. The van der Waals surface area contributed by atoms with Crippen molar-refractivity contribution in [2.75, 3.05) is 32.7 Å². The molecule has 0 saturated carbocycles. The minimum absolute atomic E-state index is 0.246. The van der Waals surface area contributed by atoms with Gasteiger partial charge in [0.25, 0.3) is 0 Å². The molecule has 1 heterocycles. The molecule has 0 amide bonds. The third kappa shape index (κ3) is 2.87. The van der Waals surface area contributed by atoms with Gasteiger partial charge in [-0.2, -0.15) is 0 Å². The first kappa shape index (κ1) is 13.4. The minimum atomic E-state index is -0.302. The lowest BCUT2D eigenvalue weighted by Gasteiger charge is -2.27. The molecule has 0 atom stereocenters. The van der Waals surface area contributed by atoms with Gasteiger partial charge in [0.1, 0.15) is 11.6 Å². The number of halogens is 2. The van der Waals surface area contributed by atoms with Crippen LogP contribution in [0.1, 0.15) is 16.7 Å². The van der Waals surface area contributed by atoms with Crippen molar-refractivity contribution in [2.24, 2.45) is 0 Å². The van der Waals surface area contributed by atoms with Gasteiger partial charge in [-0.05, 0) is 43.0 Å². The van der Waals surface area contributed by atoms with Crippen molar-refractivity contribution < 1.29 is 8.78 Å². The van der Waals surface area contributed by atoms with E-state index in [4.69, 9.17) is 0 Å². The molecule has 1 aliphatic rings. The Kier molecular flexibility index (Phi) is 4.30. The highest BCUT2D eigenvalue weighted by atomic mass is 19.1. The molecule has 2 nitrogen and oxygen atoms in total. The Morgan fingerprint density at radius 3 is 2.56 bits per heavy atom. The van der Waals surface area contributed by atoms with Crippen molar-refractivity contribution in [3.63, 3.8) is 0 Å². The Balaban J connectivity index is 2.08. The molecule has 2 rings (SSSR count). The lowest BCUT2D eigenvalue weighted by atomic mass is 10.0. The standard InChI is InChI=1S/C14H20F2N2/c1-10-9-13(15)11(2)12(14(10)16)3-6-18-7-4-17-5-8-18/h9,17H,3-8H2,1-2H3. The fourth-order valence-corrected chi connectivity index (χ4v) is 2.41. The van der Waals surface area contributed by atoms with Crippen molar-refractivity contribution in [3.05, 3.63) is 34.4 Å². The fraction of sp³-hybridized carbons (Fsp3) is 0.571. The first-order chi connectivity index (χ1) is 8.59. The van der Waals surface area contributed by atoms with Crippen molar-refractivity contribution in [3.8, 4) is 0 Å². The number of nitrogens with zero attached hydrogens (tertiary/aromatic N) is 1. The fourth-order valence-electron chi connectivity index (χ4n) is 2.41. The predicted molar refractivity (Wildman–Crippen MR) is 68.8 cm³/mol. The molecule has 1 aliphatic heterocycles. The molecule has 0 aromatic heterocycles. The molecule has 4 heteroatoms. The first-order valence-electron chi connectivity index (χ1n) is 6.46. The number of nitrogens with one attached hydrogen (secondary N) is 1. The van der Waals surface area contributed by atoms with Crippen LogP contribution >= 0.6 is 0 Å². The van der Waals surface area contributed by atoms with Crippen molar-refractivity contribution in [1.82, 2.24) is 10.2 Å². The molecule has 1 aromatic carbocycles. The molecule has 18 heavy (non-hydrogen) atoms. The van der Waals surface area contributed by atoms with Crippen LogP contribution in [-0.2, 0) is 6.42 Å². The first-order valence-corrected chi connectivity index (χ1v) is 6.46. The van der Waals surface area contributed by atoms with Crippen LogP contribution in [0.3, 0.4) is 0 Å². The van der Waals surface area contributed by atoms with Crippen molar-refractivity contribution in [1.29, 1.82) is 0 Å². The quantitative estimate of drug-likeness (QED) is 0.888. The van der Waals surface area contributed by atoms with Gasteiger partial charge in [-0.25, -0.2) is 8.78 Å². The molecular weight excluding hydrogens is 234 g/mol. The molecule has 1 aromatic rings. The molecule has 100 valence electrons. The largest absolute Gasteiger partial charge is 0.314 e. The summed E-state index contributed by atoms with van der Waals surface area (Å²) in [7, 11) is 0. The highest BCUT2D eigenvalue weighted by molar-refractivity contribution is 5.34. The Hall–Kier alpha value is -1.00. The highest BCUT2D eigenvalue weighted by Gasteiger charge is 2.15. The maximum absolute atomic E-state index is 14.0. The van der Waals surface area contributed by atoms with E-state index in [9.17, 15) is 8.78 Å². The molecular formula is C14H20F2N2. The van der Waals surface area contributed by atoms with E-state index in [1.807, 2.05) is 0 Å². The molecule has 1 saturated heterocycles. The minimum Gasteiger partial charge on any atom is -0.314 e. The summed E-state index contributed by atoms with van der Waals surface area (Å²) in [5, 5.41) is 3.28. The second-order valence-electron chi connectivity index (χ2n) is 4.93. The topological polar surface area (TPSA) is 15.3 Å². The van der Waals surface area contributed by atoms with Crippen LogP contribution in [-0.4, -0.2) is 37.6 Å². The lowest BCUT2D eigenvalue weighted by Crippen LogP contribution is -2.44. The van der Waals surface area contributed by atoms with Crippen LogP contribution in [0.25, 0.3) is 0 Å². The SMILES string of the molecule is Cc1cc(F)c(C)c(CCN2CCNCC2)c1F. The molecule has 0 aliphatic carbocycles. The highest BCUT2D eigenvalue weighted by Crippen LogP contribution is 2.21. The predicted octanol–water partition coefficient (Wildman–Crippen LogP) is 2.03. The van der Waals surface area contributed by atoms with E-state index in [0.29, 0.717) is 23.1 Å². The molecule has 0 radical (unpaired) electrons. The maximum Gasteiger partial charge on any atom is 0.129 e. The second kappa shape index (κ2) is 5.76. The van der Waals surface area contributed by atoms with Crippen LogP contribution in [0.2, 0.25) is 0 Å². The van der Waals surface area contributed by atoms with Crippen molar-refractivity contribution >= 4 is 0 Å². The van der Waals surface area contributed by atoms with Gasteiger partial charge in [0.2, 0.25) is 0 Å². The Bertz CT molecular complexity index is 400. The van der Waals surface area contributed by atoms with E-state index in [-0.39, 0.29) is 11.6 Å². The van der Waals surface area contributed by atoms with Crippen LogP contribution < -0.4 is 5.32 Å². The zero-order valence-corrected chi connectivity index (χ0v) is 11.0. The molecule has 0 bridgehead atoms. The number of piperazine rings is 1. The van der Waals surface area contributed by atoms with Gasteiger partial charge in [-0.15, -0.1) is 0 Å². The van der Waals surface area contributed by atoms with Crippen LogP contribution in [0, 0.1) is 25.5 Å². The number of benzene rings is 1. The Morgan fingerprint density at radius 2 is 1.89 bits per heavy atom. The Labute approximate surface area is 107 Å². The monoisotopic (exact) mass is 254 g/mol. The van der Waals surface area contributed by atoms with E-state index in [2.05, 4.69) is 10.2 Å². The maximum atomic E-state index is 14.0. The van der Waals surface area contributed by atoms with Gasteiger partial charge in [0, 0.05) is 32.7 Å². The van der Waals surface area contributed by atoms with E-state index < -0.39 is 0 Å². The van der Waals surface area contributed by atoms with E-state index in [0.717, 1.165) is 32.7 Å². The number of aryl methyl sites for hydroxylation is 1. The molecule has 1 N–H and O–H groups in total. The molecule has 0 spiro atoms. The lowest BCUT2D eigenvalue weighted by molar-refractivity contribution is 0.243. The molecule has 0 unspecified atom stereocenters. The smallest absolute Gasteiger partial charge is 0.129 e. The summed E-state index contributed by atoms with van der Waals surface area (Å²) in [5.74, 6) is -0.548. The summed E-state index contributed by atoms with van der Waals surface area (Å²) in [4.78, 5) is 2.29. The zero-order chi connectivity index (χ0) is 13.1. The van der Waals surface area contributed by atoms with Gasteiger partial charge >= 0.3 is 0 Å². The van der Waals surface area contributed by atoms with Crippen LogP contribution in [0.15, 0.2) is 6.07 Å². The van der Waals surface area contributed by atoms with Gasteiger partial charge < -0.3 is 10.2 Å². The number of hydrogen-bond donors (Lipinski definition) is 1. The number of hydrogen-bond acceptors (Lipinski definition) is 2. The summed E-state index contributed by atoms with van der Waals surface area (Å²) in [6, 6.07) is 1.28. The van der Waals surface area contributed by atoms with Gasteiger partial charge in [-0.3, -0.25) is 0 Å². The van der Waals surface area contributed by atoms with Crippen LogP contribution in [0.4, 0.5) is 8.78 Å². The van der Waals surface area contributed by atoms with Gasteiger partial charge in [-0.1, -0.05) is 0 Å². The zero-order valence-electron chi connectivity index (χ0n) is 11.0. The second-order valence-corrected chi connectivity index (χ2v) is 4.93. The summed E-state index contributed by atoms with van der Waals surface area (Å²) >= 11 is 0. The number of rotatable bonds is 3. The summed E-state index contributed by atoms with van der Waals surface area (Å²) < 4.78 is 27.6. The third-order valence-corrected chi connectivity index (χ3v) is 3.65. The van der Waals surface area contributed by atoms with Crippen molar-refractivity contribution in [2.45, 2.75) is 20.3 Å².